The molecule has 0 bridgehead atoms. The van der Waals surface area contributed by atoms with Crippen LogP contribution < -0.4 is 0 Å². The van der Waals surface area contributed by atoms with Gasteiger partial charge < -0.3 is 9.64 Å². The molecule has 0 aliphatic heterocycles. The quantitative estimate of drug-likeness (QED) is 0.598. The van der Waals surface area contributed by atoms with E-state index in [1.54, 1.807) is 11.9 Å². The fourth-order valence-electron chi connectivity index (χ4n) is 0.957. The molecular formula is C9H17NO3. The fourth-order valence-corrected chi connectivity index (χ4v) is 0.957. The lowest BCUT2D eigenvalue weighted by molar-refractivity contribution is -0.141. The Morgan fingerprint density at radius 3 is 2.46 bits per heavy atom. The zero-order valence-corrected chi connectivity index (χ0v) is 8.50. The van der Waals surface area contributed by atoms with Crippen molar-refractivity contribution >= 4 is 11.9 Å². The van der Waals surface area contributed by atoms with Gasteiger partial charge in [0.25, 0.3) is 0 Å². The molecule has 4 heteroatoms. The molecule has 0 fully saturated rings. The summed E-state index contributed by atoms with van der Waals surface area (Å²) in [5.74, 6) is -0.123. The summed E-state index contributed by atoms with van der Waals surface area (Å²) in [6, 6.07) is 0. The summed E-state index contributed by atoms with van der Waals surface area (Å²) in [5.41, 5.74) is 0. The number of esters is 1. The number of hydrogen-bond donors (Lipinski definition) is 0. The van der Waals surface area contributed by atoms with E-state index in [0.717, 1.165) is 0 Å². The predicted molar refractivity (Wildman–Crippen MR) is 49.2 cm³/mol. The zero-order chi connectivity index (χ0) is 10.3. The van der Waals surface area contributed by atoms with Crippen LogP contribution in [0.1, 0.15) is 26.2 Å². The Balaban J connectivity index is 3.53. The van der Waals surface area contributed by atoms with Crippen LogP contribution in [0.4, 0.5) is 0 Å². The molecule has 0 spiro atoms. The Hall–Kier alpha value is -1.06. The van der Waals surface area contributed by atoms with E-state index in [1.165, 1.54) is 7.11 Å². The van der Waals surface area contributed by atoms with Crippen molar-refractivity contribution in [3.63, 3.8) is 0 Å². The second-order valence-electron chi connectivity index (χ2n) is 2.85. The Labute approximate surface area is 78.9 Å². The van der Waals surface area contributed by atoms with Crippen molar-refractivity contribution in [3.05, 3.63) is 0 Å². The van der Waals surface area contributed by atoms with Crippen molar-refractivity contribution in [2.24, 2.45) is 0 Å². The fraction of sp³-hybridized carbons (Fsp3) is 0.778. The van der Waals surface area contributed by atoms with E-state index in [-0.39, 0.29) is 11.9 Å². The standard InChI is InChI=1S/C9H17NO3/c1-4-8(11)10(2)7-5-6-9(12)13-3/h4-7H2,1-3H3. The summed E-state index contributed by atoms with van der Waals surface area (Å²) in [6.07, 6.45) is 1.54. The molecule has 0 rings (SSSR count). The molecule has 4 nitrogen and oxygen atoms in total. The van der Waals surface area contributed by atoms with Crippen LogP contribution in [0.5, 0.6) is 0 Å². The van der Waals surface area contributed by atoms with Crippen LogP contribution >= 0.6 is 0 Å². The molecule has 0 radical (unpaired) electrons. The average Bonchev–Trinajstić information content (AvgIpc) is 2.15. The summed E-state index contributed by atoms with van der Waals surface area (Å²) in [7, 11) is 3.10. The van der Waals surface area contributed by atoms with E-state index in [9.17, 15) is 9.59 Å². The van der Waals surface area contributed by atoms with Crippen LogP contribution in [0.2, 0.25) is 0 Å². The van der Waals surface area contributed by atoms with Crippen LogP contribution in [0.15, 0.2) is 0 Å². The molecule has 0 atom stereocenters. The van der Waals surface area contributed by atoms with Crippen molar-refractivity contribution in [2.45, 2.75) is 26.2 Å². The normalized spacial score (nSPS) is 9.46. The van der Waals surface area contributed by atoms with Gasteiger partial charge in [-0.3, -0.25) is 9.59 Å². The molecule has 0 aromatic heterocycles. The summed E-state index contributed by atoms with van der Waals surface area (Å²) in [5, 5.41) is 0. The third-order valence-corrected chi connectivity index (χ3v) is 1.83. The van der Waals surface area contributed by atoms with Crippen LogP contribution in [0, 0.1) is 0 Å². The third kappa shape index (κ3) is 5.22. The third-order valence-electron chi connectivity index (χ3n) is 1.83. The van der Waals surface area contributed by atoms with Crippen molar-refractivity contribution in [3.8, 4) is 0 Å². The molecule has 0 heterocycles. The van der Waals surface area contributed by atoms with Gasteiger partial charge >= 0.3 is 5.97 Å². The lowest BCUT2D eigenvalue weighted by Gasteiger charge is -2.15. The first-order chi connectivity index (χ1) is 6.11. The van der Waals surface area contributed by atoms with E-state index >= 15 is 0 Å². The van der Waals surface area contributed by atoms with Gasteiger partial charge in [0.05, 0.1) is 7.11 Å². The van der Waals surface area contributed by atoms with Gasteiger partial charge in [-0.2, -0.15) is 0 Å². The van der Waals surface area contributed by atoms with Gasteiger partial charge in [0.15, 0.2) is 0 Å². The highest BCUT2D eigenvalue weighted by Crippen LogP contribution is 1.96. The van der Waals surface area contributed by atoms with Crippen LogP contribution in [0.3, 0.4) is 0 Å². The number of amides is 1. The smallest absolute Gasteiger partial charge is 0.305 e. The van der Waals surface area contributed by atoms with E-state index < -0.39 is 0 Å². The number of carbonyl (C=O) groups excluding carboxylic acids is 2. The number of hydrogen-bond acceptors (Lipinski definition) is 3. The molecule has 76 valence electrons. The number of carbonyl (C=O) groups is 2. The summed E-state index contributed by atoms with van der Waals surface area (Å²) < 4.78 is 4.48. The Morgan fingerprint density at radius 1 is 1.38 bits per heavy atom. The van der Waals surface area contributed by atoms with Gasteiger partial charge in [-0.15, -0.1) is 0 Å². The number of rotatable bonds is 5. The van der Waals surface area contributed by atoms with Crippen LogP contribution in [-0.4, -0.2) is 37.5 Å². The Bertz CT molecular complexity index is 180. The predicted octanol–water partition coefficient (Wildman–Crippen LogP) is 0.808. The second-order valence-corrected chi connectivity index (χ2v) is 2.85. The van der Waals surface area contributed by atoms with Gasteiger partial charge in [0.1, 0.15) is 0 Å². The number of methoxy groups -OCH3 is 1. The maximum atomic E-state index is 11.1. The molecule has 0 aliphatic rings. The summed E-state index contributed by atoms with van der Waals surface area (Å²) in [6.45, 7) is 2.43. The Kier molecular flexibility index (Phi) is 5.93. The number of nitrogens with zero attached hydrogens (tertiary/aromatic N) is 1. The largest absolute Gasteiger partial charge is 0.469 e. The average molecular weight is 187 g/mol. The number of ether oxygens (including phenoxy) is 1. The van der Waals surface area contributed by atoms with Gasteiger partial charge in [-0.05, 0) is 6.42 Å². The maximum absolute atomic E-state index is 11.1. The molecule has 13 heavy (non-hydrogen) atoms. The van der Waals surface area contributed by atoms with E-state index in [0.29, 0.717) is 25.8 Å². The molecule has 1 amide bonds. The second kappa shape index (κ2) is 6.46. The summed E-state index contributed by atoms with van der Waals surface area (Å²) >= 11 is 0. The first-order valence-electron chi connectivity index (χ1n) is 4.42. The highest BCUT2D eigenvalue weighted by atomic mass is 16.5. The van der Waals surface area contributed by atoms with Gasteiger partial charge in [-0.25, -0.2) is 0 Å². The molecular weight excluding hydrogens is 170 g/mol. The maximum Gasteiger partial charge on any atom is 0.305 e. The Morgan fingerprint density at radius 2 is 2.00 bits per heavy atom. The van der Waals surface area contributed by atoms with E-state index in [1.807, 2.05) is 6.92 Å². The molecule has 0 N–H and O–H groups in total. The van der Waals surface area contributed by atoms with Crippen LogP contribution in [-0.2, 0) is 14.3 Å². The highest BCUT2D eigenvalue weighted by molar-refractivity contribution is 5.75. The summed E-state index contributed by atoms with van der Waals surface area (Å²) in [4.78, 5) is 23.4. The molecule has 0 saturated carbocycles. The lowest BCUT2D eigenvalue weighted by Crippen LogP contribution is -2.27. The highest BCUT2D eigenvalue weighted by Gasteiger charge is 2.06. The minimum Gasteiger partial charge on any atom is -0.469 e. The van der Waals surface area contributed by atoms with Gasteiger partial charge in [0.2, 0.25) is 5.91 Å². The zero-order valence-electron chi connectivity index (χ0n) is 8.50. The van der Waals surface area contributed by atoms with Crippen molar-refractivity contribution < 1.29 is 14.3 Å². The van der Waals surface area contributed by atoms with Gasteiger partial charge in [0, 0.05) is 26.4 Å². The molecule has 0 saturated heterocycles. The molecule has 0 aromatic carbocycles. The minimum atomic E-state index is -0.225. The molecule has 0 aromatic rings. The van der Waals surface area contributed by atoms with E-state index in [2.05, 4.69) is 4.74 Å². The molecule has 0 aliphatic carbocycles. The SMILES string of the molecule is CCC(=O)N(C)CCCC(=O)OC. The van der Waals surface area contributed by atoms with E-state index in [4.69, 9.17) is 0 Å². The van der Waals surface area contributed by atoms with Crippen molar-refractivity contribution in [1.29, 1.82) is 0 Å². The minimum absolute atomic E-state index is 0.102. The first kappa shape index (κ1) is 11.9. The van der Waals surface area contributed by atoms with Gasteiger partial charge in [-0.1, -0.05) is 6.92 Å². The van der Waals surface area contributed by atoms with Crippen LogP contribution in [0.25, 0.3) is 0 Å². The van der Waals surface area contributed by atoms with Crippen molar-refractivity contribution in [2.75, 3.05) is 20.7 Å². The topological polar surface area (TPSA) is 46.6 Å². The molecule has 0 unspecified atom stereocenters. The monoisotopic (exact) mass is 187 g/mol. The lowest BCUT2D eigenvalue weighted by atomic mass is 10.3. The first-order valence-corrected chi connectivity index (χ1v) is 4.42. The van der Waals surface area contributed by atoms with Crippen molar-refractivity contribution in [1.82, 2.24) is 4.90 Å².